The van der Waals surface area contributed by atoms with Crippen LogP contribution in [0.5, 0.6) is 5.88 Å². The lowest BCUT2D eigenvalue weighted by Gasteiger charge is -2.06. The molecule has 0 atom stereocenters. The van der Waals surface area contributed by atoms with Gasteiger partial charge in [-0.2, -0.15) is 10.2 Å². The first-order valence-corrected chi connectivity index (χ1v) is 5.41. The van der Waals surface area contributed by atoms with Crippen LogP contribution in [0.3, 0.4) is 0 Å². The Kier molecular flexibility index (Phi) is 3.72. The maximum Gasteiger partial charge on any atom is 0.233 e. The van der Waals surface area contributed by atoms with E-state index in [2.05, 4.69) is 21.4 Å². The van der Waals surface area contributed by atoms with Crippen molar-refractivity contribution in [2.45, 2.75) is 6.54 Å². The molecule has 0 saturated heterocycles. The number of aromatic nitrogens is 2. The standard InChI is InChI=1S/C13H12N4O/c1-18-13-9-15-8-12(17-13)16-7-11-4-2-3-10(5-11)6-14/h2-5,8-9H,7H2,1H3,(H,16,17). The van der Waals surface area contributed by atoms with E-state index in [1.54, 1.807) is 25.6 Å². The Bertz CT molecular complexity index is 577. The molecule has 0 aliphatic rings. The van der Waals surface area contributed by atoms with Crippen LogP contribution in [0.2, 0.25) is 0 Å². The number of nitriles is 1. The maximum absolute atomic E-state index is 8.81. The lowest BCUT2D eigenvalue weighted by molar-refractivity contribution is 0.396. The summed E-state index contributed by atoms with van der Waals surface area (Å²) >= 11 is 0. The number of benzene rings is 1. The van der Waals surface area contributed by atoms with E-state index >= 15 is 0 Å². The van der Waals surface area contributed by atoms with E-state index in [0.29, 0.717) is 23.8 Å². The van der Waals surface area contributed by atoms with E-state index < -0.39 is 0 Å². The van der Waals surface area contributed by atoms with Crippen molar-refractivity contribution in [1.82, 2.24) is 9.97 Å². The normalized spacial score (nSPS) is 9.56. The van der Waals surface area contributed by atoms with Crippen LogP contribution in [0.15, 0.2) is 36.7 Å². The highest BCUT2D eigenvalue weighted by Crippen LogP contribution is 2.10. The molecule has 2 aromatic rings. The highest BCUT2D eigenvalue weighted by molar-refractivity contribution is 5.37. The van der Waals surface area contributed by atoms with Crippen molar-refractivity contribution in [1.29, 1.82) is 5.26 Å². The van der Waals surface area contributed by atoms with Crippen LogP contribution >= 0.6 is 0 Å². The molecule has 0 aliphatic heterocycles. The SMILES string of the molecule is COc1cncc(NCc2cccc(C#N)c2)n1. The van der Waals surface area contributed by atoms with Crippen molar-refractivity contribution < 1.29 is 4.74 Å². The monoisotopic (exact) mass is 240 g/mol. The van der Waals surface area contributed by atoms with Crippen LogP contribution in [-0.2, 0) is 6.54 Å². The van der Waals surface area contributed by atoms with Gasteiger partial charge in [0, 0.05) is 6.54 Å². The summed E-state index contributed by atoms with van der Waals surface area (Å²) in [7, 11) is 1.55. The third kappa shape index (κ3) is 2.95. The van der Waals surface area contributed by atoms with Crippen molar-refractivity contribution in [2.75, 3.05) is 12.4 Å². The molecule has 0 bridgehead atoms. The van der Waals surface area contributed by atoms with Gasteiger partial charge in [-0.1, -0.05) is 12.1 Å². The molecule has 90 valence electrons. The Labute approximate surface area is 105 Å². The molecule has 1 aromatic carbocycles. The van der Waals surface area contributed by atoms with Crippen LogP contribution in [0.25, 0.3) is 0 Å². The summed E-state index contributed by atoms with van der Waals surface area (Å²) in [6, 6.07) is 9.51. The molecule has 0 aliphatic carbocycles. The minimum atomic E-state index is 0.464. The number of nitrogens with one attached hydrogen (secondary N) is 1. The summed E-state index contributed by atoms with van der Waals surface area (Å²) in [4.78, 5) is 8.19. The van der Waals surface area contributed by atoms with Crippen LogP contribution in [0, 0.1) is 11.3 Å². The number of rotatable bonds is 4. The maximum atomic E-state index is 8.81. The van der Waals surface area contributed by atoms with E-state index in [1.165, 1.54) is 0 Å². The van der Waals surface area contributed by atoms with Gasteiger partial charge < -0.3 is 10.1 Å². The van der Waals surface area contributed by atoms with E-state index in [9.17, 15) is 0 Å². The molecule has 0 unspecified atom stereocenters. The number of anilines is 1. The third-order valence-electron chi connectivity index (χ3n) is 2.35. The van der Waals surface area contributed by atoms with Gasteiger partial charge in [0.15, 0.2) is 0 Å². The fourth-order valence-corrected chi connectivity index (χ4v) is 1.48. The van der Waals surface area contributed by atoms with Gasteiger partial charge in [0.05, 0.1) is 31.1 Å². The van der Waals surface area contributed by atoms with Gasteiger partial charge in [-0.3, -0.25) is 4.98 Å². The lowest BCUT2D eigenvalue weighted by atomic mass is 10.1. The molecule has 5 nitrogen and oxygen atoms in total. The summed E-state index contributed by atoms with van der Waals surface area (Å²) in [5, 5.41) is 11.9. The molecule has 2 rings (SSSR count). The van der Waals surface area contributed by atoms with Gasteiger partial charge in [-0.05, 0) is 17.7 Å². The van der Waals surface area contributed by atoms with Crippen molar-refractivity contribution in [3.05, 3.63) is 47.8 Å². The fourth-order valence-electron chi connectivity index (χ4n) is 1.48. The quantitative estimate of drug-likeness (QED) is 0.884. The molecular formula is C13H12N4O. The second-order valence-electron chi connectivity index (χ2n) is 3.61. The van der Waals surface area contributed by atoms with Gasteiger partial charge >= 0.3 is 0 Å². The minimum absolute atomic E-state index is 0.464. The predicted octanol–water partition coefficient (Wildman–Crippen LogP) is 1.97. The molecule has 1 heterocycles. The average Bonchev–Trinajstić information content (AvgIpc) is 2.45. The topological polar surface area (TPSA) is 70.8 Å². The number of hydrogen-bond donors (Lipinski definition) is 1. The van der Waals surface area contributed by atoms with Gasteiger partial charge in [0.25, 0.3) is 0 Å². The summed E-state index contributed by atoms with van der Waals surface area (Å²) in [5.41, 5.74) is 1.66. The smallest absolute Gasteiger partial charge is 0.233 e. The number of hydrogen-bond acceptors (Lipinski definition) is 5. The molecule has 18 heavy (non-hydrogen) atoms. The zero-order chi connectivity index (χ0) is 12.8. The van der Waals surface area contributed by atoms with Crippen molar-refractivity contribution in [2.24, 2.45) is 0 Å². The van der Waals surface area contributed by atoms with Gasteiger partial charge in [-0.15, -0.1) is 0 Å². The van der Waals surface area contributed by atoms with E-state index in [-0.39, 0.29) is 0 Å². The van der Waals surface area contributed by atoms with Crippen LogP contribution in [-0.4, -0.2) is 17.1 Å². The molecule has 5 heteroatoms. The molecule has 1 N–H and O–H groups in total. The molecule has 1 aromatic heterocycles. The average molecular weight is 240 g/mol. The summed E-state index contributed by atoms with van der Waals surface area (Å²) in [5.74, 6) is 1.10. The number of nitrogens with zero attached hydrogens (tertiary/aromatic N) is 3. The van der Waals surface area contributed by atoms with Crippen LogP contribution in [0.1, 0.15) is 11.1 Å². The van der Waals surface area contributed by atoms with Gasteiger partial charge in [0.1, 0.15) is 5.82 Å². The second-order valence-corrected chi connectivity index (χ2v) is 3.61. The van der Waals surface area contributed by atoms with E-state index in [0.717, 1.165) is 5.56 Å². The highest BCUT2D eigenvalue weighted by Gasteiger charge is 1.99. The summed E-state index contributed by atoms with van der Waals surface area (Å²) in [6.45, 7) is 0.581. The molecule has 0 fully saturated rings. The first kappa shape index (κ1) is 11.9. The zero-order valence-electron chi connectivity index (χ0n) is 9.92. The largest absolute Gasteiger partial charge is 0.480 e. The van der Waals surface area contributed by atoms with Crippen molar-refractivity contribution in [3.8, 4) is 11.9 Å². The number of ether oxygens (including phenoxy) is 1. The minimum Gasteiger partial charge on any atom is -0.480 e. The first-order chi connectivity index (χ1) is 8.81. The van der Waals surface area contributed by atoms with E-state index in [4.69, 9.17) is 10.00 Å². The Morgan fingerprint density at radius 2 is 2.28 bits per heavy atom. The summed E-state index contributed by atoms with van der Waals surface area (Å²) < 4.78 is 4.99. The fraction of sp³-hybridized carbons (Fsp3) is 0.154. The number of methoxy groups -OCH3 is 1. The van der Waals surface area contributed by atoms with Crippen molar-refractivity contribution in [3.63, 3.8) is 0 Å². The molecule has 0 saturated carbocycles. The molecular weight excluding hydrogens is 228 g/mol. The first-order valence-electron chi connectivity index (χ1n) is 5.41. The van der Waals surface area contributed by atoms with Gasteiger partial charge in [0.2, 0.25) is 5.88 Å². The second kappa shape index (κ2) is 5.64. The Morgan fingerprint density at radius 1 is 1.39 bits per heavy atom. The van der Waals surface area contributed by atoms with Gasteiger partial charge in [-0.25, -0.2) is 0 Å². The highest BCUT2D eigenvalue weighted by atomic mass is 16.5. The van der Waals surface area contributed by atoms with E-state index in [1.807, 2.05) is 18.2 Å². The Balaban J connectivity index is 2.04. The third-order valence-corrected chi connectivity index (χ3v) is 2.35. The van der Waals surface area contributed by atoms with Crippen LogP contribution in [0.4, 0.5) is 5.82 Å². The lowest BCUT2D eigenvalue weighted by Crippen LogP contribution is -2.02. The molecule has 0 amide bonds. The van der Waals surface area contributed by atoms with Crippen LogP contribution < -0.4 is 10.1 Å². The molecule has 0 spiro atoms. The van der Waals surface area contributed by atoms with Crippen molar-refractivity contribution >= 4 is 5.82 Å². The summed E-state index contributed by atoms with van der Waals surface area (Å²) in [6.07, 6.45) is 3.16. The molecule has 0 radical (unpaired) electrons. The predicted molar refractivity (Wildman–Crippen MR) is 67.1 cm³/mol. The zero-order valence-corrected chi connectivity index (χ0v) is 9.92. The Morgan fingerprint density at radius 3 is 3.06 bits per heavy atom. The Hall–Kier alpha value is -2.61.